The molecule has 2 rings (SSSR count). The second kappa shape index (κ2) is 6.64. The van der Waals surface area contributed by atoms with Gasteiger partial charge in [0, 0.05) is 0 Å². The molecule has 0 amide bonds. The highest BCUT2D eigenvalue weighted by Gasteiger charge is 2.55. The highest BCUT2D eigenvalue weighted by molar-refractivity contribution is 6.70. The second-order valence-corrected chi connectivity index (χ2v) is 22.8. The molecule has 0 aromatic rings. The number of fused-ring (bicyclic) bond motifs is 2. The fourth-order valence-corrected chi connectivity index (χ4v) is 6.21. The van der Waals surface area contributed by atoms with E-state index in [0.29, 0.717) is 6.61 Å². The predicted octanol–water partition coefficient (Wildman–Crippen LogP) is 3.40. The van der Waals surface area contributed by atoms with Crippen LogP contribution < -0.4 is 0 Å². The van der Waals surface area contributed by atoms with Crippen molar-refractivity contribution in [3.05, 3.63) is 0 Å². The topological polar surface area (TPSA) is 46.2 Å². The molecule has 2 bridgehead atoms. The zero-order valence-corrected chi connectivity index (χ0v) is 19.1. The maximum atomic E-state index is 6.55. The van der Waals surface area contributed by atoms with Gasteiger partial charge in [0.15, 0.2) is 31.2 Å². The fraction of sp³-hybridized carbons (Fsp3) is 1.00. The summed E-state index contributed by atoms with van der Waals surface area (Å²) in [6, 6.07) is 0. The molecule has 2 saturated heterocycles. The smallest absolute Gasteiger partial charge is 0.185 e. The standard InChI is InChI=1S/C15H34O5Si3/c1-21(2,3)18-12-11-10-16-15(17-11)14(20-23(7,8)9)13(12)19-22(4,5)6/h11-15H,10H2,1-9H3/t11-,12-,13-,14+,15+/m1/s1. The van der Waals surface area contributed by atoms with E-state index in [9.17, 15) is 0 Å². The molecule has 23 heavy (non-hydrogen) atoms. The van der Waals surface area contributed by atoms with Crippen molar-refractivity contribution in [2.24, 2.45) is 0 Å². The van der Waals surface area contributed by atoms with E-state index in [1.807, 2.05) is 0 Å². The summed E-state index contributed by atoms with van der Waals surface area (Å²) in [6.07, 6.45) is -0.780. The summed E-state index contributed by atoms with van der Waals surface area (Å²) in [7, 11) is -5.24. The molecule has 8 heteroatoms. The monoisotopic (exact) mass is 378 g/mol. The van der Waals surface area contributed by atoms with Crippen LogP contribution in [-0.4, -0.2) is 62.3 Å². The van der Waals surface area contributed by atoms with E-state index < -0.39 is 25.0 Å². The Morgan fingerprint density at radius 2 is 1.09 bits per heavy atom. The van der Waals surface area contributed by atoms with Gasteiger partial charge in [0.1, 0.15) is 24.4 Å². The van der Waals surface area contributed by atoms with Gasteiger partial charge in [0.2, 0.25) is 0 Å². The zero-order valence-electron chi connectivity index (χ0n) is 16.1. The zero-order chi connectivity index (χ0) is 17.6. The Kier molecular flexibility index (Phi) is 5.71. The molecule has 2 heterocycles. The lowest BCUT2D eigenvalue weighted by Crippen LogP contribution is -2.62. The molecule has 0 radical (unpaired) electrons. The molecule has 136 valence electrons. The minimum atomic E-state index is -1.76. The van der Waals surface area contributed by atoms with Crippen LogP contribution in [0.2, 0.25) is 58.9 Å². The first-order valence-electron chi connectivity index (χ1n) is 8.56. The highest BCUT2D eigenvalue weighted by atomic mass is 28.4. The van der Waals surface area contributed by atoms with Crippen molar-refractivity contribution in [1.29, 1.82) is 0 Å². The van der Waals surface area contributed by atoms with Crippen LogP contribution in [0.25, 0.3) is 0 Å². The van der Waals surface area contributed by atoms with Gasteiger partial charge in [-0.3, -0.25) is 0 Å². The van der Waals surface area contributed by atoms with Gasteiger partial charge in [0.05, 0.1) is 6.61 Å². The van der Waals surface area contributed by atoms with Gasteiger partial charge in [-0.25, -0.2) is 0 Å². The lowest BCUT2D eigenvalue weighted by Gasteiger charge is -2.46. The van der Waals surface area contributed by atoms with E-state index in [4.69, 9.17) is 22.8 Å². The van der Waals surface area contributed by atoms with Gasteiger partial charge < -0.3 is 22.8 Å². The van der Waals surface area contributed by atoms with Crippen molar-refractivity contribution in [3.8, 4) is 0 Å². The van der Waals surface area contributed by atoms with Crippen LogP contribution in [0, 0.1) is 0 Å². The average Bonchev–Trinajstić information content (AvgIpc) is 2.71. The van der Waals surface area contributed by atoms with E-state index in [0.717, 1.165) is 0 Å². The summed E-state index contributed by atoms with van der Waals surface area (Å²) in [5.41, 5.74) is 0. The molecule has 0 N–H and O–H groups in total. The van der Waals surface area contributed by atoms with Crippen LogP contribution in [0.1, 0.15) is 0 Å². The molecular formula is C15H34O5Si3. The number of rotatable bonds is 6. The lowest BCUT2D eigenvalue weighted by atomic mass is 10.0. The first-order chi connectivity index (χ1) is 10.3. The van der Waals surface area contributed by atoms with Crippen LogP contribution in [0.4, 0.5) is 0 Å². The summed E-state index contributed by atoms with van der Waals surface area (Å²) in [4.78, 5) is 0. The second-order valence-electron chi connectivity index (χ2n) is 9.46. The average molecular weight is 379 g/mol. The molecule has 5 atom stereocenters. The Bertz CT molecular complexity index is 383. The quantitative estimate of drug-likeness (QED) is 0.663. The van der Waals surface area contributed by atoms with Gasteiger partial charge in [-0.1, -0.05) is 0 Å². The summed E-state index contributed by atoms with van der Waals surface area (Å²) in [5, 5.41) is 0. The molecule has 0 unspecified atom stereocenters. The minimum absolute atomic E-state index is 0.0467. The van der Waals surface area contributed by atoms with Crippen molar-refractivity contribution >= 4 is 25.0 Å². The Labute approximate surface area is 144 Å². The maximum absolute atomic E-state index is 6.55. The summed E-state index contributed by atoms with van der Waals surface area (Å²) >= 11 is 0. The van der Waals surface area contributed by atoms with Crippen LogP contribution in [0.3, 0.4) is 0 Å². The van der Waals surface area contributed by atoms with Gasteiger partial charge in [0.25, 0.3) is 0 Å². The normalized spacial score (nSPS) is 35.6. The Hall–Kier alpha value is 0.451. The lowest BCUT2D eigenvalue weighted by molar-refractivity contribution is -0.214. The van der Waals surface area contributed by atoms with E-state index in [2.05, 4.69) is 58.9 Å². The minimum Gasteiger partial charge on any atom is -0.409 e. The SMILES string of the molecule is C[Si](C)(C)O[C@H]1[C@H](O[Si](C)(C)C)[C@H]2OC[C@@H](O2)[C@H]1O[Si](C)(C)C. The number of ether oxygens (including phenoxy) is 2. The summed E-state index contributed by atoms with van der Waals surface area (Å²) in [5.74, 6) is 0. The van der Waals surface area contributed by atoms with Crippen molar-refractivity contribution in [1.82, 2.24) is 0 Å². The van der Waals surface area contributed by atoms with Crippen LogP contribution in [-0.2, 0) is 22.8 Å². The van der Waals surface area contributed by atoms with Crippen molar-refractivity contribution in [3.63, 3.8) is 0 Å². The number of hydrogen-bond acceptors (Lipinski definition) is 5. The Morgan fingerprint density at radius 1 is 0.652 bits per heavy atom. The maximum Gasteiger partial charge on any atom is 0.185 e. The molecule has 5 nitrogen and oxygen atoms in total. The van der Waals surface area contributed by atoms with E-state index in [-0.39, 0.29) is 30.7 Å². The molecule has 0 spiro atoms. The van der Waals surface area contributed by atoms with E-state index >= 15 is 0 Å². The Balaban J connectivity index is 2.30. The van der Waals surface area contributed by atoms with Crippen LogP contribution >= 0.6 is 0 Å². The van der Waals surface area contributed by atoms with Crippen molar-refractivity contribution in [2.45, 2.75) is 89.6 Å². The van der Waals surface area contributed by atoms with E-state index in [1.165, 1.54) is 0 Å². The summed E-state index contributed by atoms with van der Waals surface area (Å²) in [6.45, 7) is 20.4. The molecule has 0 aliphatic carbocycles. The number of hydrogen-bond donors (Lipinski definition) is 0. The van der Waals surface area contributed by atoms with Gasteiger partial charge in [-0.15, -0.1) is 0 Å². The van der Waals surface area contributed by atoms with Gasteiger partial charge in [-0.05, 0) is 58.9 Å². The third-order valence-electron chi connectivity index (χ3n) is 3.48. The highest BCUT2D eigenvalue weighted by Crippen LogP contribution is 2.37. The van der Waals surface area contributed by atoms with Gasteiger partial charge in [-0.2, -0.15) is 0 Å². The predicted molar refractivity (Wildman–Crippen MR) is 99.3 cm³/mol. The molecule has 2 aliphatic rings. The van der Waals surface area contributed by atoms with Crippen LogP contribution in [0.5, 0.6) is 0 Å². The van der Waals surface area contributed by atoms with Crippen molar-refractivity contribution < 1.29 is 22.8 Å². The molecule has 0 aromatic heterocycles. The third kappa shape index (κ3) is 5.74. The van der Waals surface area contributed by atoms with E-state index in [1.54, 1.807) is 0 Å². The molecule has 2 fully saturated rings. The first-order valence-corrected chi connectivity index (χ1v) is 18.8. The summed E-state index contributed by atoms with van der Waals surface area (Å²) < 4.78 is 31.4. The molecule has 0 saturated carbocycles. The Morgan fingerprint density at radius 3 is 1.57 bits per heavy atom. The third-order valence-corrected chi connectivity index (χ3v) is 6.42. The molecule has 2 aliphatic heterocycles. The fourth-order valence-electron chi connectivity index (χ4n) is 2.96. The molecule has 0 aromatic carbocycles. The first kappa shape index (κ1) is 19.8. The van der Waals surface area contributed by atoms with Gasteiger partial charge >= 0.3 is 0 Å². The molecular weight excluding hydrogens is 344 g/mol. The largest absolute Gasteiger partial charge is 0.409 e. The van der Waals surface area contributed by atoms with Crippen molar-refractivity contribution in [2.75, 3.05) is 6.61 Å². The van der Waals surface area contributed by atoms with Crippen LogP contribution in [0.15, 0.2) is 0 Å².